The number of rotatable bonds is 5. The Morgan fingerprint density at radius 3 is 2.25 bits per heavy atom. The fourth-order valence-corrected chi connectivity index (χ4v) is 4.90. The summed E-state index contributed by atoms with van der Waals surface area (Å²) >= 11 is 6.26. The lowest BCUT2D eigenvalue weighted by Gasteiger charge is -2.37. The van der Waals surface area contributed by atoms with Crippen LogP contribution in [0.4, 0.5) is 4.39 Å². The van der Waals surface area contributed by atoms with Crippen molar-refractivity contribution < 1.29 is 22.3 Å². The van der Waals surface area contributed by atoms with E-state index in [-0.39, 0.29) is 18.0 Å². The largest absolute Gasteiger partial charge is 0.468 e. The van der Waals surface area contributed by atoms with E-state index in [0.29, 0.717) is 23.7 Å². The minimum absolute atomic E-state index is 0.0398. The average Bonchev–Trinajstić information content (AvgIpc) is 2.70. The first-order chi connectivity index (χ1) is 13.3. The summed E-state index contributed by atoms with van der Waals surface area (Å²) in [5.74, 6) is -0.952. The fourth-order valence-electron chi connectivity index (χ4n) is 3.24. The van der Waals surface area contributed by atoms with Crippen LogP contribution in [0.3, 0.4) is 0 Å². The average molecular weight is 427 g/mol. The Balaban J connectivity index is 1.78. The Morgan fingerprint density at radius 2 is 1.68 bits per heavy atom. The molecule has 0 bridgehead atoms. The molecule has 0 N–H and O–H groups in total. The number of sulfonamides is 1. The van der Waals surface area contributed by atoms with E-state index in [1.807, 2.05) is 4.90 Å². The number of nitrogens with zero attached hydrogens (tertiary/aromatic N) is 2. The van der Waals surface area contributed by atoms with E-state index in [1.165, 1.54) is 23.5 Å². The maximum atomic E-state index is 13.1. The molecule has 0 saturated carbocycles. The SMILES string of the molecule is COC(=O)C(c1ccccc1Cl)N1CCN(S(=O)(=O)c2ccc(F)cc2)CC1. The third-order valence-electron chi connectivity index (χ3n) is 4.71. The van der Waals surface area contributed by atoms with Crippen LogP contribution in [0.2, 0.25) is 5.02 Å². The van der Waals surface area contributed by atoms with E-state index >= 15 is 0 Å². The van der Waals surface area contributed by atoms with Crippen molar-refractivity contribution in [3.05, 3.63) is 64.9 Å². The van der Waals surface area contributed by atoms with Gasteiger partial charge in [-0.25, -0.2) is 17.6 Å². The minimum atomic E-state index is -3.73. The van der Waals surface area contributed by atoms with Crippen LogP contribution in [0.1, 0.15) is 11.6 Å². The van der Waals surface area contributed by atoms with Crippen LogP contribution in [0.5, 0.6) is 0 Å². The number of esters is 1. The second-order valence-corrected chi connectivity index (χ2v) is 8.69. The van der Waals surface area contributed by atoms with Crippen molar-refractivity contribution in [2.75, 3.05) is 33.3 Å². The highest BCUT2D eigenvalue weighted by atomic mass is 35.5. The molecule has 150 valence electrons. The van der Waals surface area contributed by atoms with Gasteiger partial charge in [0.1, 0.15) is 11.9 Å². The molecule has 6 nitrogen and oxygen atoms in total. The van der Waals surface area contributed by atoms with Gasteiger partial charge in [0.25, 0.3) is 0 Å². The van der Waals surface area contributed by atoms with Crippen LogP contribution in [0.15, 0.2) is 53.4 Å². The molecule has 2 aromatic rings. The zero-order valence-electron chi connectivity index (χ0n) is 15.2. The van der Waals surface area contributed by atoms with E-state index in [9.17, 15) is 17.6 Å². The lowest BCUT2D eigenvalue weighted by atomic mass is 10.0. The summed E-state index contributed by atoms with van der Waals surface area (Å²) in [5.41, 5.74) is 0.617. The van der Waals surface area contributed by atoms with E-state index in [2.05, 4.69) is 0 Å². The van der Waals surface area contributed by atoms with Gasteiger partial charge in [0.15, 0.2) is 0 Å². The molecule has 1 aliphatic rings. The summed E-state index contributed by atoms with van der Waals surface area (Å²) in [6.07, 6.45) is 0. The molecule has 0 aliphatic carbocycles. The maximum Gasteiger partial charge on any atom is 0.327 e. The number of benzene rings is 2. The normalized spacial score (nSPS) is 17.2. The summed E-state index contributed by atoms with van der Waals surface area (Å²) in [4.78, 5) is 14.3. The molecule has 0 spiro atoms. The predicted molar refractivity (Wildman–Crippen MR) is 103 cm³/mol. The van der Waals surface area contributed by atoms with Crippen molar-refractivity contribution in [3.8, 4) is 0 Å². The number of hydrogen-bond acceptors (Lipinski definition) is 5. The molecule has 0 amide bonds. The zero-order chi connectivity index (χ0) is 20.3. The summed E-state index contributed by atoms with van der Waals surface area (Å²) in [7, 11) is -2.42. The lowest BCUT2D eigenvalue weighted by molar-refractivity contribution is -0.147. The molecule has 1 atom stereocenters. The zero-order valence-corrected chi connectivity index (χ0v) is 16.8. The standard InChI is InChI=1S/C19H20ClFN2O4S/c1-27-19(24)18(16-4-2-3-5-17(16)20)22-10-12-23(13-11-22)28(25,26)15-8-6-14(21)7-9-15/h2-9,18H,10-13H2,1H3. The molecule has 28 heavy (non-hydrogen) atoms. The summed E-state index contributed by atoms with van der Waals surface area (Å²) in [6, 6.07) is 11.0. The Bertz CT molecular complexity index is 945. The summed E-state index contributed by atoms with van der Waals surface area (Å²) < 4.78 is 44.9. The number of ether oxygens (including phenoxy) is 1. The molecule has 1 fully saturated rings. The topological polar surface area (TPSA) is 66.9 Å². The highest BCUT2D eigenvalue weighted by Gasteiger charge is 2.35. The van der Waals surface area contributed by atoms with Crippen molar-refractivity contribution in [2.45, 2.75) is 10.9 Å². The van der Waals surface area contributed by atoms with Gasteiger partial charge in [0.2, 0.25) is 10.0 Å². The monoisotopic (exact) mass is 426 g/mol. The second-order valence-electron chi connectivity index (χ2n) is 6.34. The van der Waals surface area contributed by atoms with Crippen molar-refractivity contribution in [1.29, 1.82) is 0 Å². The van der Waals surface area contributed by atoms with Crippen molar-refractivity contribution >= 4 is 27.6 Å². The molecule has 0 aromatic heterocycles. The Labute approximate surface area is 168 Å². The third-order valence-corrected chi connectivity index (χ3v) is 6.97. The molecule has 2 aromatic carbocycles. The summed E-state index contributed by atoms with van der Waals surface area (Å²) in [5, 5.41) is 0.444. The Hall–Kier alpha value is -2.00. The van der Waals surface area contributed by atoms with Gasteiger partial charge in [0.05, 0.1) is 12.0 Å². The number of carbonyl (C=O) groups is 1. The highest BCUT2D eigenvalue weighted by molar-refractivity contribution is 7.89. The van der Waals surface area contributed by atoms with Crippen LogP contribution < -0.4 is 0 Å². The third kappa shape index (κ3) is 4.20. The lowest BCUT2D eigenvalue weighted by Crippen LogP contribution is -2.51. The number of hydrogen-bond donors (Lipinski definition) is 0. The smallest absolute Gasteiger partial charge is 0.327 e. The van der Waals surface area contributed by atoms with Crippen molar-refractivity contribution in [2.24, 2.45) is 0 Å². The first kappa shape index (κ1) is 20.7. The fraction of sp³-hybridized carbons (Fsp3) is 0.316. The molecule has 1 heterocycles. The minimum Gasteiger partial charge on any atom is -0.468 e. The first-order valence-electron chi connectivity index (χ1n) is 8.66. The van der Waals surface area contributed by atoms with Crippen LogP contribution in [0, 0.1) is 5.82 Å². The van der Waals surface area contributed by atoms with E-state index in [4.69, 9.17) is 16.3 Å². The van der Waals surface area contributed by atoms with Gasteiger partial charge in [-0.3, -0.25) is 4.90 Å². The first-order valence-corrected chi connectivity index (χ1v) is 10.5. The van der Waals surface area contributed by atoms with Crippen LogP contribution in [-0.4, -0.2) is 56.9 Å². The maximum absolute atomic E-state index is 13.1. The van der Waals surface area contributed by atoms with Crippen molar-refractivity contribution in [3.63, 3.8) is 0 Å². The quantitative estimate of drug-likeness (QED) is 0.688. The molecule has 1 unspecified atom stereocenters. The van der Waals surface area contributed by atoms with Gasteiger partial charge < -0.3 is 4.74 Å². The van der Waals surface area contributed by atoms with Crippen LogP contribution >= 0.6 is 11.6 Å². The molecule has 3 rings (SSSR count). The van der Waals surface area contributed by atoms with E-state index < -0.39 is 27.9 Å². The van der Waals surface area contributed by atoms with Crippen LogP contribution in [0.25, 0.3) is 0 Å². The molecule has 1 aliphatic heterocycles. The Kier molecular flexibility index (Phi) is 6.34. The van der Waals surface area contributed by atoms with Gasteiger partial charge in [-0.2, -0.15) is 4.31 Å². The van der Waals surface area contributed by atoms with Crippen molar-refractivity contribution in [1.82, 2.24) is 9.21 Å². The highest BCUT2D eigenvalue weighted by Crippen LogP contribution is 2.30. The number of halogens is 2. The molecule has 1 saturated heterocycles. The van der Waals surface area contributed by atoms with Gasteiger partial charge in [-0.1, -0.05) is 29.8 Å². The number of piperazine rings is 1. The molecule has 9 heteroatoms. The molecular formula is C19H20ClFN2O4S. The number of carbonyl (C=O) groups excluding carboxylic acids is 1. The molecule has 0 radical (unpaired) electrons. The summed E-state index contributed by atoms with van der Waals surface area (Å²) in [6.45, 7) is 1.03. The van der Waals surface area contributed by atoms with Gasteiger partial charge in [-0.15, -0.1) is 0 Å². The van der Waals surface area contributed by atoms with Crippen LogP contribution in [-0.2, 0) is 19.6 Å². The van der Waals surface area contributed by atoms with E-state index in [0.717, 1.165) is 12.1 Å². The van der Waals surface area contributed by atoms with Gasteiger partial charge >= 0.3 is 5.97 Å². The number of methoxy groups -OCH3 is 1. The predicted octanol–water partition coefficient (Wildman–Crippen LogP) is 2.70. The van der Waals surface area contributed by atoms with Gasteiger partial charge in [0, 0.05) is 31.2 Å². The van der Waals surface area contributed by atoms with Gasteiger partial charge in [-0.05, 0) is 35.9 Å². The Morgan fingerprint density at radius 1 is 1.07 bits per heavy atom. The van der Waals surface area contributed by atoms with E-state index in [1.54, 1.807) is 24.3 Å². The molecular weight excluding hydrogens is 407 g/mol. The second kappa shape index (κ2) is 8.57.